The van der Waals surface area contributed by atoms with Crippen LogP contribution in [0.25, 0.3) is 5.95 Å². The molecule has 2 aromatic rings. The van der Waals surface area contributed by atoms with Gasteiger partial charge in [-0.05, 0) is 30.7 Å². The summed E-state index contributed by atoms with van der Waals surface area (Å²) in [7, 11) is 0. The van der Waals surface area contributed by atoms with Gasteiger partial charge < -0.3 is 11.1 Å². The summed E-state index contributed by atoms with van der Waals surface area (Å²) in [4.78, 5) is 12.7. The molecule has 3 rings (SSSR count). The predicted octanol–water partition coefficient (Wildman–Crippen LogP) is 1.49. The lowest BCUT2D eigenvalue weighted by Gasteiger charge is -2.19. The van der Waals surface area contributed by atoms with Crippen LogP contribution in [0.4, 0.5) is 11.9 Å². The van der Waals surface area contributed by atoms with E-state index >= 15 is 0 Å². The third kappa shape index (κ3) is 2.43. The van der Waals surface area contributed by atoms with Gasteiger partial charge in [-0.2, -0.15) is 20.1 Å². The first-order valence-corrected chi connectivity index (χ1v) is 6.91. The largest absolute Gasteiger partial charge is 0.368 e. The highest BCUT2D eigenvalue weighted by Gasteiger charge is 2.30. The molecule has 20 heavy (non-hydrogen) atoms. The number of nitrogens with zero attached hydrogens (tertiary/aromatic N) is 5. The molecule has 1 fully saturated rings. The molecule has 7 nitrogen and oxygen atoms in total. The fourth-order valence-corrected chi connectivity index (χ4v) is 2.67. The average Bonchev–Trinajstić information content (AvgIpc) is 3.04. The fourth-order valence-electron chi connectivity index (χ4n) is 2.67. The van der Waals surface area contributed by atoms with E-state index in [2.05, 4.69) is 39.2 Å². The number of hydrogen-bond donors (Lipinski definition) is 2. The molecule has 0 radical (unpaired) electrons. The first-order valence-electron chi connectivity index (χ1n) is 6.91. The molecule has 1 aliphatic carbocycles. The third-order valence-electron chi connectivity index (χ3n) is 4.13. The Bertz CT molecular complexity index is 580. The molecule has 0 spiro atoms. The Balaban J connectivity index is 1.83. The zero-order chi connectivity index (χ0) is 14.1. The number of nitrogen functional groups attached to an aromatic ring is 1. The summed E-state index contributed by atoms with van der Waals surface area (Å²) in [5.41, 5.74) is 5.76. The van der Waals surface area contributed by atoms with Gasteiger partial charge in [-0.1, -0.05) is 13.8 Å². The van der Waals surface area contributed by atoms with E-state index < -0.39 is 0 Å². The molecule has 106 valence electrons. The number of rotatable bonds is 3. The highest BCUT2D eigenvalue weighted by atomic mass is 15.4. The summed E-state index contributed by atoms with van der Waals surface area (Å²) in [5, 5.41) is 7.49. The molecule has 0 amide bonds. The molecule has 0 saturated heterocycles. The molecule has 2 aromatic heterocycles. The summed E-state index contributed by atoms with van der Waals surface area (Å²) >= 11 is 0. The van der Waals surface area contributed by atoms with Crippen molar-refractivity contribution in [3.8, 4) is 5.95 Å². The number of hydrogen-bond acceptors (Lipinski definition) is 6. The third-order valence-corrected chi connectivity index (χ3v) is 4.13. The van der Waals surface area contributed by atoms with Crippen LogP contribution < -0.4 is 11.1 Å². The SMILES string of the molecule is CC1CCC(Nc2nc(N)nc(-n3cccn3)n2)C1C. The summed E-state index contributed by atoms with van der Waals surface area (Å²) in [6.45, 7) is 4.54. The molecule has 1 saturated carbocycles. The first-order chi connectivity index (χ1) is 9.63. The van der Waals surface area contributed by atoms with Crippen LogP contribution in [0.2, 0.25) is 0 Å². The number of nitrogens with one attached hydrogen (secondary N) is 1. The minimum Gasteiger partial charge on any atom is -0.368 e. The maximum absolute atomic E-state index is 5.76. The summed E-state index contributed by atoms with van der Waals surface area (Å²) in [6.07, 6.45) is 5.81. The van der Waals surface area contributed by atoms with Crippen LogP contribution in [0, 0.1) is 11.8 Å². The van der Waals surface area contributed by atoms with Crippen molar-refractivity contribution in [2.75, 3.05) is 11.1 Å². The topological polar surface area (TPSA) is 94.5 Å². The second-order valence-corrected chi connectivity index (χ2v) is 5.43. The second kappa shape index (κ2) is 5.07. The summed E-state index contributed by atoms with van der Waals surface area (Å²) in [5.74, 6) is 2.47. The van der Waals surface area contributed by atoms with Gasteiger partial charge in [0.15, 0.2) is 0 Å². The Morgan fingerprint density at radius 3 is 2.75 bits per heavy atom. The number of anilines is 2. The molecule has 0 aliphatic heterocycles. The van der Waals surface area contributed by atoms with Gasteiger partial charge >= 0.3 is 0 Å². The maximum atomic E-state index is 5.76. The molecule has 3 unspecified atom stereocenters. The van der Waals surface area contributed by atoms with Gasteiger partial charge in [0, 0.05) is 18.4 Å². The molecule has 3 N–H and O–H groups in total. The fraction of sp³-hybridized carbons (Fsp3) is 0.538. The van der Waals surface area contributed by atoms with E-state index in [0.29, 0.717) is 23.9 Å². The van der Waals surface area contributed by atoms with Crippen molar-refractivity contribution in [1.29, 1.82) is 0 Å². The molecule has 3 atom stereocenters. The van der Waals surface area contributed by atoms with E-state index in [-0.39, 0.29) is 5.95 Å². The highest BCUT2D eigenvalue weighted by molar-refractivity contribution is 5.36. The normalized spacial score (nSPS) is 25.8. The van der Waals surface area contributed by atoms with E-state index in [1.54, 1.807) is 17.1 Å². The van der Waals surface area contributed by atoms with Crippen molar-refractivity contribution in [3.63, 3.8) is 0 Å². The molecule has 7 heteroatoms. The van der Waals surface area contributed by atoms with Gasteiger partial charge in [-0.25, -0.2) is 4.68 Å². The molecular formula is C13H19N7. The van der Waals surface area contributed by atoms with Gasteiger partial charge in [0.1, 0.15) is 0 Å². The average molecular weight is 273 g/mol. The highest BCUT2D eigenvalue weighted by Crippen LogP contribution is 2.32. The van der Waals surface area contributed by atoms with E-state index in [1.807, 2.05) is 6.07 Å². The van der Waals surface area contributed by atoms with Crippen molar-refractivity contribution in [2.24, 2.45) is 11.8 Å². The van der Waals surface area contributed by atoms with E-state index in [9.17, 15) is 0 Å². The van der Waals surface area contributed by atoms with Crippen molar-refractivity contribution < 1.29 is 0 Å². The van der Waals surface area contributed by atoms with E-state index in [1.165, 1.54) is 6.42 Å². The quantitative estimate of drug-likeness (QED) is 0.879. The van der Waals surface area contributed by atoms with Crippen LogP contribution in [0.3, 0.4) is 0 Å². The minimum absolute atomic E-state index is 0.201. The maximum Gasteiger partial charge on any atom is 0.257 e. The van der Waals surface area contributed by atoms with Crippen LogP contribution in [-0.4, -0.2) is 30.8 Å². The Labute approximate surface area is 117 Å². The van der Waals surface area contributed by atoms with Gasteiger partial charge in [-0.3, -0.25) is 0 Å². The van der Waals surface area contributed by atoms with Gasteiger partial charge in [0.2, 0.25) is 11.9 Å². The van der Waals surface area contributed by atoms with Crippen LogP contribution in [0.1, 0.15) is 26.7 Å². The van der Waals surface area contributed by atoms with Crippen molar-refractivity contribution in [1.82, 2.24) is 24.7 Å². The van der Waals surface area contributed by atoms with Gasteiger partial charge in [0.25, 0.3) is 5.95 Å². The molecule has 0 bridgehead atoms. The molecule has 2 heterocycles. The Hall–Kier alpha value is -2.18. The minimum atomic E-state index is 0.201. The molecule has 1 aliphatic rings. The predicted molar refractivity (Wildman–Crippen MR) is 76.3 cm³/mol. The van der Waals surface area contributed by atoms with Crippen molar-refractivity contribution in [3.05, 3.63) is 18.5 Å². The van der Waals surface area contributed by atoms with Gasteiger partial charge in [-0.15, -0.1) is 0 Å². The Morgan fingerprint density at radius 2 is 2.10 bits per heavy atom. The van der Waals surface area contributed by atoms with Gasteiger partial charge in [0.05, 0.1) is 0 Å². The lowest BCUT2D eigenvalue weighted by Crippen LogP contribution is -2.26. The van der Waals surface area contributed by atoms with Crippen molar-refractivity contribution in [2.45, 2.75) is 32.7 Å². The molecule has 0 aromatic carbocycles. The number of nitrogens with two attached hydrogens (primary N) is 1. The first kappa shape index (κ1) is 12.8. The zero-order valence-corrected chi connectivity index (χ0v) is 11.7. The number of aromatic nitrogens is 5. The zero-order valence-electron chi connectivity index (χ0n) is 11.7. The Kier molecular flexibility index (Phi) is 3.25. The smallest absolute Gasteiger partial charge is 0.257 e. The lowest BCUT2D eigenvalue weighted by atomic mass is 9.98. The van der Waals surface area contributed by atoms with E-state index in [0.717, 1.165) is 12.3 Å². The van der Waals surface area contributed by atoms with Crippen LogP contribution in [0.5, 0.6) is 0 Å². The Morgan fingerprint density at radius 1 is 1.25 bits per heavy atom. The standard InChI is InChI=1S/C13H19N7/c1-8-4-5-10(9(8)2)16-12-17-11(14)18-13(19-12)20-7-3-6-15-20/h3,6-10H,4-5H2,1-2H3,(H3,14,16,17,18,19). The van der Waals surface area contributed by atoms with Crippen LogP contribution in [-0.2, 0) is 0 Å². The molecular weight excluding hydrogens is 254 g/mol. The van der Waals surface area contributed by atoms with Crippen LogP contribution >= 0.6 is 0 Å². The summed E-state index contributed by atoms with van der Waals surface area (Å²) in [6, 6.07) is 2.20. The summed E-state index contributed by atoms with van der Waals surface area (Å²) < 4.78 is 1.57. The van der Waals surface area contributed by atoms with Crippen molar-refractivity contribution >= 4 is 11.9 Å². The second-order valence-electron chi connectivity index (χ2n) is 5.43. The van der Waals surface area contributed by atoms with Crippen LogP contribution in [0.15, 0.2) is 18.5 Å². The lowest BCUT2D eigenvalue weighted by molar-refractivity contribution is 0.434. The monoisotopic (exact) mass is 273 g/mol. The van der Waals surface area contributed by atoms with E-state index in [4.69, 9.17) is 5.73 Å².